The Hall–Kier alpha value is -1.28. The van der Waals surface area contributed by atoms with Gasteiger partial charge in [0.05, 0.1) is 18.1 Å². The number of nitrogens with zero attached hydrogens (tertiary/aromatic N) is 1. The molecular formula is C9H4ClF4N. The van der Waals surface area contributed by atoms with Crippen molar-refractivity contribution in [2.45, 2.75) is 12.6 Å². The minimum atomic E-state index is -4.64. The molecule has 6 heteroatoms. The van der Waals surface area contributed by atoms with E-state index in [1.807, 2.05) is 0 Å². The van der Waals surface area contributed by atoms with Crippen LogP contribution in [0.15, 0.2) is 12.1 Å². The van der Waals surface area contributed by atoms with Gasteiger partial charge in [-0.1, -0.05) is 11.6 Å². The van der Waals surface area contributed by atoms with Gasteiger partial charge in [0.1, 0.15) is 5.82 Å². The molecule has 0 radical (unpaired) electrons. The molecule has 0 aromatic heterocycles. The molecule has 1 aromatic carbocycles. The highest BCUT2D eigenvalue weighted by atomic mass is 35.5. The van der Waals surface area contributed by atoms with Crippen LogP contribution in [0.4, 0.5) is 17.6 Å². The van der Waals surface area contributed by atoms with E-state index < -0.39 is 17.6 Å². The van der Waals surface area contributed by atoms with Crippen LogP contribution >= 0.6 is 11.6 Å². The second-order valence-electron chi connectivity index (χ2n) is 2.75. The van der Waals surface area contributed by atoms with Crippen LogP contribution in [0.2, 0.25) is 5.02 Å². The van der Waals surface area contributed by atoms with Gasteiger partial charge in [-0.2, -0.15) is 18.4 Å². The molecule has 0 saturated carbocycles. The maximum Gasteiger partial charge on any atom is 0.416 e. The van der Waals surface area contributed by atoms with Crippen LogP contribution < -0.4 is 0 Å². The number of hydrogen-bond acceptors (Lipinski definition) is 1. The Kier molecular flexibility index (Phi) is 3.20. The highest BCUT2D eigenvalue weighted by molar-refractivity contribution is 6.31. The second kappa shape index (κ2) is 4.07. The molecule has 0 atom stereocenters. The Bertz CT molecular complexity index is 396. The largest absolute Gasteiger partial charge is 0.416 e. The Morgan fingerprint density at radius 3 is 2.33 bits per heavy atom. The van der Waals surface area contributed by atoms with Crippen molar-refractivity contribution in [1.29, 1.82) is 5.26 Å². The van der Waals surface area contributed by atoms with Crippen molar-refractivity contribution < 1.29 is 17.6 Å². The zero-order chi connectivity index (χ0) is 11.6. The number of hydrogen-bond donors (Lipinski definition) is 0. The molecule has 80 valence electrons. The van der Waals surface area contributed by atoms with Gasteiger partial charge >= 0.3 is 6.18 Å². The molecule has 1 aromatic rings. The van der Waals surface area contributed by atoms with Gasteiger partial charge in [-0.25, -0.2) is 4.39 Å². The summed E-state index contributed by atoms with van der Waals surface area (Å²) in [6.07, 6.45) is -5.00. The normalized spacial score (nSPS) is 11.2. The average Bonchev–Trinajstić information content (AvgIpc) is 2.09. The summed E-state index contributed by atoms with van der Waals surface area (Å²) < 4.78 is 49.6. The predicted octanol–water partition coefficient (Wildman–Crippen LogP) is 3.56. The molecule has 0 aliphatic rings. The monoisotopic (exact) mass is 237 g/mol. The Labute approximate surface area is 87.9 Å². The highest BCUT2D eigenvalue weighted by Crippen LogP contribution is 2.33. The molecule has 0 fully saturated rings. The van der Waals surface area contributed by atoms with Gasteiger partial charge < -0.3 is 0 Å². The van der Waals surface area contributed by atoms with Crippen LogP contribution in [0.1, 0.15) is 11.1 Å². The zero-order valence-electron chi connectivity index (χ0n) is 7.20. The Morgan fingerprint density at radius 2 is 1.93 bits per heavy atom. The van der Waals surface area contributed by atoms with E-state index in [2.05, 4.69) is 0 Å². The van der Waals surface area contributed by atoms with Gasteiger partial charge in [-0.15, -0.1) is 0 Å². The summed E-state index contributed by atoms with van der Waals surface area (Å²) in [5.41, 5.74) is -1.38. The van der Waals surface area contributed by atoms with E-state index in [0.29, 0.717) is 12.1 Å². The van der Waals surface area contributed by atoms with Crippen molar-refractivity contribution >= 4 is 11.6 Å². The van der Waals surface area contributed by atoms with Gasteiger partial charge in [0.25, 0.3) is 0 Å². The number of benzene rings is 1. The van der Waals surface area contributed by atoms with Gasteiger partial charge in [-0.05, 0) is 12.1 Å². The highest BCUT2D eigenvalue weighted by Gasteiger charge is 2.32. The number of nitriles is 1. The lowest BCUT2D eigenvalue weighted by atomic mass is 10.1. The van der Waals surface area contributed by atoms with Gasteiger partial charge in [0.15, 0.2) is 0 Å². The first kappa shape index (κ1) is 11.8. The first-order valence-corrected chi connectivity index (χ1v) is 4.16. The van der Waals surface area contributed by atoms with Crippen LogP contribution in [-0.4, -0.2) is 0 Å². The molecule has 0 heterocycles. The number of alkyl halides is 3. The molecule has 0 amide bonds. The van der Waals surface area contributed by atoms with Crippen LogP contribution in [0.25, 0.3) is 0 Å². The molecular weight excluding hydrogens is 234 g/mol. The molecule has 0 unspecified atom stereocenters. The van der Waals surface area contributed by atoms with E-state index in [9.17, 15) is 17.6 Å². The van der Waals surface area contributed by atoms with Gasteiger partial charge in [-0.3, -0.25) is 0 Å². The lowest BCUT2D eigenvalue weighted by Gasteiger charge is -2.09. The third-order valence-corrected chi connectivity index (χ3v) is 2.06. The van der Waals surface area contributed by atoms with Gasteiger partial charge in [0, 0.05) is 10.6 Å². The summed E-state index contributed by atoms with van der Waals surface area (Å²) in [6, 6.07) is 2.56. The van der Waals surface area contributed by atoms with Crippen LogP contribution in [0, 0.1) is 17.1 Å². The van der Waals surface area contributed by atoms with Crippen LogP contribution in [-0.2, 0) is 12.6 Å². The van der Waals surface area contributed by atoms with E-state index in [-0.39, 0.29) is 17.0 Å². The quantitative estimate of drug-likeness (QED) is 0.685. The fourth-order valence-electron chi connectivity index (χ4n) is 1.01. The zero-order valence-corrected chi connectivity index (χ0v) is 7.95. The molecule has 0 aliphatic carbocycles. The minimum absolute atomic E-state index is 0.216. The van der Waals surface area contributed by atoms with Crippen LogP contribution in [0.3, 0.4) is 0 Å². The first-order valence-electron chi connectivity index (χ1n) is 3.78. The van der Waals surface area contributed by atoms with Crippen molar-refractivity contribution in [3.8, 4) is 6.07 Å². The summed E-state index contributed by atoms with van der Waals surface area (Å²) in [5, 5.41) is 7.91. The third-order valence-electron chi connectivity index (χ3n) is 1.72. The van der Waals surface area contributed by atoms with E-state index in [1.54, 1.807) is 6.07 Å². The Balaban J connectivity index is 3.27. The lowest BCUT2D eigenvalue weighted by Crippen LogP contribution is -2.06. The van der Waals surface area contributed by atoms with Crippen molar-refractivity contribution in [2.75, 3.05) is 0 Å². The smallest absolute Gasteiger partial charge is 0.207 e. The summed E-state index contributed by atoms with van der Waals surface area (Å²) in [5.74, 6) is -1.11. The van der Waals surface area contributed by atoms with E-state index >= 15 is 0 Å². The summed E-state index contributed by atoms with van der Waals surface area (Å²) in [4.78, 5) is 0. The molecule has 1 rings (SSSR count). The standard InChI is InChI=1S/C9H4ClF4N/c10-7-3-5(9(12,13)14)4-8(11)6(7)1-2-15/h3-4H,1H2. The average molecular weight is 238 g/mol. The molecule has 0 spiro atoms. The van der Waals surface area contributed by atoms with Gasteiger partial charge in [0.2, 0.25) is 0 Å². The summed E-state index contributed by atoms with van der Waals surface area (Å²) in [6.45, 7) is 0. The molecule has 0 saturated heterocycles. The number of rotatable bonds is 1. The van der Waals surface area contributed by atoms with Crippen molar-refractivity contribution in [1.82, 2.24) is 0 Å². The Morgan fingerprint density at radius 1 is 1.33 bits per heavy atom. The summed E-state index contributed by atoms with van der Waals surface area (Å²) in [7, 11) is 0. The third kappa shape index (κ3) is 2.60. The fraction of sp³-hybridized carbons (Fsp3) is 0.222. The molecule has 0 N–H and O–H groups in total. The first-order chi connectivity index (χ1) is 6.86. The maximum absolute atomic E-state index is 13.1. The molecule has 1 nitrogen and oxygen atoms in total. The maximum atomic E-state index is 13.1. The van der Waals surface area contributed by atoms with E-state index in [0.717, 1.165) is 0 Å². The lowest BCUT2D eigenvalue weighted by molar-refractivity contribution is -0.137. The van der Waals surface area contributed by atoms with Crippen molar-refractivity contribution in [3.05, 3.63) is 34.1 Å². The topological polar surface area (TPSA) is 23.8 Å². The SMILES string of the molecule is N#CCc1c(F)cc(C(F)(F)F)cc1Cl. The van der Waals surface area contributed by atoms with E-state index in [4.69, 9.17) is 16.9 Å². The second-order valence-corrected chi connectivity index (χ2v) is 3.16. The van der Waals surface area contributed by atoms with Crippen LogP contribution in [0.5, 0.6) is 0 Å². The number of halogens is 5. The summed E-state index contributed by atoms with van der Waals surface area (Å²) >= 11 is 5.43. The molecule has 0 bridgehead atoms. The van der Waals surface area contributed by atoms with Crippen molar-refractivity contribution in [2.24, 2.45) is 0 Å². The predicted molar refractivity (Wildman–Crippen MR) is 45.7 cm³/mol. The van der Waals surface area contributed by atoms with Crippen molar-refractivity contribution in [3.63, 3.8) is 0 Å². The fourth-order valence-corrected chi connectivity index (χ4v) is 1.29. The molecule has 15 heavy (non-hydrogen) atoms. The van der Waals surface area contributed by atoms with E-state index in [1.165, 1.54) is 0 Å². The minimum Gasteiger partial charge on any atom is -0.207 e. The molecule has 0 aliphatic heterocycles.